The Kier molecular flexibility index (Phi) is 5.97. The molecule has 0 spiro atoms. The molecule has 3 aromatic rings. The summed E-state index contributed by atoms with van der Waals surface area (Å²) in [5, 5.41) is 0. The summed E-state index contributed by atoms with van der Waals surface area (Å²) in [4.78, 5) is 29.0. The highest BCUT2D eigenvalue weighted by molar-refractivity contribution is 6.06. The van der Waals surface area contributed by atoms with Crippen LogP contribution in [-0.2, 0) is 9.47 Å². The van der Waals surface area contributed by atoms with Gasteiger partial charge in [-0.2, -0.15) is 0 Å². The van der Waals surface area contributed by atoms with Gasteiger partial charge in [-0.1, -0.05) is 48.5 Å². The quantitative estimate of drug-likeness (QED) is 0.481. The number of nitrogens with zero attached hydrogens (tertiary/aromatic N) is 1. The zero-order valence-electron chi connectivity index (χ0n) is 15.6. The lowest BCUT2D eigenvalue weighted by Gasteiger charge is -2.13. The molecule has 5 nitrogen and oxygen atoms in total. The fourth-order valence-corrected chi connectivity index (χ4v) is 2.85. The van der Waals surface area contributed by atoms with Crippen molar-refractivity contribution in [2.75, 3.05) is 14.2 Å². The average Bonchev–Trinajstić information content (AvgIpc) is 2.77. The molecule has 0 atom stereocenters. The maximum atomic E-state index is 12.3. The molecule has 3 rings (SSSR count). The van der Waals surface area contributed by atoms with E-state index in [-0.39, 0.29) is 11.1 Å². The number of hydrogen-bond donors (Lipinski definition) is 0. The molecule has 0 aliphatic carbocycles. The summed E-state index contributed by atoms with van der Waals surface area (Å²) < 4.78 is 9.76. The van der Waals surface area contributed by atoms with Gasteiger partial charge in [-0.05, 0) is 35.4 Å². The van der Waals surface area contributed by atoms with Gasteiger partial charge in [0, 0.05) is 11.8 Å². The third-order valence-corrected chi connectivity index (χ3v) is 4.17. The number of ether oxygens (including phenoxy) is 2. The van der Waals surface area contributed by atoms with Crippen LogP contribution < -0.4 is 0 Å². The summed E-state index contributed by atoms with van der Waals surface area (Å²) in [5.41, 5.74) is 3.36. The summed E-state index contributed by atoms with van der Waals surface area (Å²) in [7, 11) is 2.61. The van der Waals surface area contributed by atoms with Crippen LogP contribution in [0.4, 0.5) is 5.69 Å². The van der Waals surface area contributed by atoms with E-state index in [4.69, 9.17) is 9.47 Å². The van der Waals surface area contributed by atoms with Crippen molar-refractivity contribution in [2.45, 2.75) is 0 Å². The van der Waals surface area contributed by atoms with Crippen molar-refractivity contribution < 1.29 is 19.1 Å². The second-order valence-corrected chi connectivity index (χ2v) is 5.93. The van der Waals surface area contributed by atoms with Crippen molar-refractivity contribution in [3.05, 3.63) is 89.5 Å². The van der Waals surface area contributed by atoms with Crippen LogP contribution in [0.2, 0.25) is 0 Å². The lowest BCUT2D eigenvalue weighted by atomic mass is 9.94. The Balaban J connectivity index is 2.09. The minimum Gasteiger partial charge on any atom is -0.465 e. The van der Waals surface area contributed by atoms with E-state index in [0.717, 1.165) is 5.56 Å². The first kappa shape index (κ1) is 19.0. The molecule has 0 radical (unpaired) electrons. The Hall–Kier alpha value is -3.73. The van der Waals surface area contributed by atoms with E-state index in [0.29, 0.717) is 16.8 Å². The predicted molar refractivity (Wildman–Crippen MR) is 108 cm³/mol. The number of carbonyl (C=O) groups excluding carboxylic acids is 2. The van der Waals surface area contributed by atoms with Crippen molar-refractivity contribution in [3.8, 4) is 11.1 Å². The molecule has 0 fully saturated rings. The first-order valence-electron chi connectivity index (χ1n) is 8.63. The third-order valence-electron chi connectivity index (χ3n) is 4.17. The number of esters is 2. The highest BCUT2D eigenvalue weighted by Gasteiger charge is 2.21. The Morgan fingerprint density at radius 3 is 2.00 bits per heavy atom. The van der Waals surface area contributed by atoms with Gasteiger partial charge in [-0.3, -0.25) is 4.99 Å². The monoisotopic (exact) mass is 373 g/mol. The molecule has 0 aliphatic heterocycles. The fourth-order valence-electron chi connectivity index (χ4n) is 2.85. The van der Waals surface area contributed by atoms with Crippen molar-refractivity contribution in [2.24, 2.45) is 4.99 Å². The molecule has 0 heterocycles. The van der Waals surface area contributed by atoms with E-state index in [1.54, 1.807) is 24.4 Å². The van der Waals surface area contributed by atoms with Crippen molar-refractivity contribution in [3.63, 3.8) is 0 Å². The molecule has 0 N–H and O–H groups in total. The van der Waals surface area contributed by atoms with Gasteiger partial charge in [-0.25, -0.2) is 9.59 Å². The molecule has 3 aromatic carbocycles. The van der Waals surface area contributed by atoms with Gasteiger partial charge in [0.05, 0.1) is 31.0 Å². The number of methoxy groups -OCH3 is 2. The van der Waals surface area contributed by atoms with Gasteiger partial charge in [-0.15, -0.1) is 0 Å². The minimum absolute atomic E-state index is 0.287. The SMILES string of the molecule is COC(=O)c1cccc(C(=O)OC)c1-c1cccc(/N=C/c2ccccc2)c1. The summed E-state index contributed by atoms with van der Waals surface area (Å²) in [5.74, 6) is -1.06. The lowest BCUT2D eigenvalue weighted by Crippen LogP contribution is -2.10. The van der Waals surface area contributed by atoms with E-state index in [9.17, 15) is 9.59 Å². The van der Waals surface area contributed by atoms with E-state index in [1.807, 2.05) is 54.6 Å². The van der Waals surface area contributed by atoms with Gasteiger partial charge in [0.25, 0.3) is 0 Å². The van der Waals surface area contributed by atoms with Gasteiger partial charge >= 0.3 is 11.9 Å². The molecule has 0 saturated heterocycles. The van der Waals surface area contributed by atoms with Crippen LogP contribution in [0.25, 0.3) is 11.1 Å². The summed E-state index contributed by atoms with van der Waals surface area (Å²) >= 11 is 0. The molecule has 0 bridgehead atoms. The number of hydrogen-bond acceptors (Lipinski definition) is 5. The second-order valence-electron chi connectivity index (χ2n) is 5.93. The van der Waals surface area contributed by atoms with Crippen LogP contribution in [0.15, 0.2) is 77.8 Å². The van der Waals surface area contributed by atoms with E-state index in [2.05, 4.69) is 4.99 Å². The molecule has 0 amide bonds. The van der Waals surface area contributed by atoms with Crippen molar-refractivity contribution in [1.82, 2.24) is 0 Å². The normalized spacial score (nSPS) is 10.6. The van der Waals surface area contributed by atoms with Crippen LogP contribution in [0.5, 0.6) is 0 Å². The van der Waals surface area contributed by atoms with Gasteiger partial charge in [0.1, 0.15) is 0 Å². The number of rotatable bonds is 5. The van der Waals surface area contributed by atoms with E-state index < -0.39 is 11.9 Å². The average molecular weight is 373 g/mol. The maximum Gasteiger partial charge on any atom is 0.338 e. The van der Waals surface area contributed by atoms with Gasteiger partial charge in [0.15, 0.2) is 0 Å². The van der Waals surface area contributed by atoms with Crippen LogP contribution in [0.3, 0.4) is 0 Å². The smallest absolute Gasteiger partial charge is 0.338 e. The van der Waals surface area contributed by atoms with Crippen molar-refractivity contribution in [1.29, 1.82) is 0 Å². The Bertz CT molecular complexity index is 992. The molecular weight excluding hydrogens is 354 g/mol. The first-order valence-corrected chi connectivity index (χ1v) is 8.63. The summed E-state index contributed by atoms with van der Waals surface area (Å²) in [6, 6.07) is 21.9. The zero-order valence-corrected chi connectivity index (χ0v) is 15.6. The molecule has 140 valence electrons. The topological polar surface area (TPSA) is 65.0 Å². The Morgan fingerprint density at radius 2 is 1.39 bits per heavy atom. The Labute approximate surface area is 163 Å². The van der Waals surface area contributed by atoms with Crippen molar-refractivity contribution >= 4 is 23.8 Å². The number of carbonyl (C=O) groups is 2. The molecular formula is C23H19NO4. The predicted octanol–water partition coefficient (Wildman–Crippen LogP) is 4.68. The minimum atomic E-state index is -0.529. The van der Waals surface area contributed by atoms with E-state index in [1.165, 1.54) is 14.2 Å². The molecule has 5 heteroatoms. The first-order chi connectivity index (χ1) is 13.6. The highest BCUT2D eigenvalue weighted by Crippen LogP contribution is 2.31. The molecule has 0 saturated carbocycles. The lowest BCUT2D eigenvalue weighted by molar-refractivity contribution is 0.0601. The third kappa shape index (κ3) is 4.15. The standard InChI is InChI=1S/C23H19NO4/c1-27-22(25)19-12-7-13-20(23(26)28-2)21(19)17-10-6-11-18(14-17)24-15-16-8-4-3-5-9-16/h3-15H,1-2H3/b24-15+. The zero-order chi connectivity index (χ0) is 19.9. The molecule has 0 aliphatic rings. The largest absolute Gasteiger partial charge is 0.465 e. The van der Waals surface area contributed by atoms with Crippen LogP contribution in [0, 0.1) is 0 Å². The maximum absolute atomic E-state index is 12.3. The molecule has 28 heavy (non-hydrogen) atoms. The van der Waals surface area contributed by atoms with Gasteiger partial charge in [0.2, 0.25) is 0 Å². The van der Waals surface area contributed by atoms with Crippen LogP contribution in [0.1, 0.15) is 26.3 Å². The highest BCUT2D eigenvalue weighted by atomic mass is 16.5. The molecule has 0 aromatic heterocycles. The van der Waals surface area contributed by atoms with Gasteiger partial charge < -0.3 is 9.47 Å². The number of benzene rings is 3. The van der Waals surface area contributed by atoms with E-state index >= 15 is 0 Å². The Morgan fingerprint density at radius 1 is 0.786 bits per heavy atom. The molecule has 0 unspecified atom stereocenters. The summed E-state index contributed by atoms with van der Waals surface area (Å²) in [6.07, 6.45) is 1.76. The number of aliphatic imine (C=N–C) groups is 1. The summed E-state index contributed by atoms with van der Waals surface area (Å²) in [6.45, 7) is 0. The second kappa shape index (κ2) is 8.77. The van der Waals surface area contributed by atoms with Crippen LogP contribution >= 0.6 is 0 Å². The van der Waals surface area contributed by atoms with Crippen LogP contribution in [-0.4, -0.2) is 32.4 Å². The fraction of sp³-hybridized carbons (Fsp3) is 0.0870.